The number of nitrogens with zero attached hydrogens (tertiary/aromatic N) is 2. The Hall–Kier alpha value is -0.480. The molecule has 0 amide bonds. The van der Waals surface area contributed by atoms with E-state index in [1.54, 1.807) is 0 Å². The monoisotopic (exact) mass is 237 g/mol. The SMILES string of the molecule is CNCCc1nnc(C2CC3CCC2C3)s1. The molecule has 2 aliphatic rings. The topological polar surface area (TPSA) is 37.8 Å². The molecule has 2 bridgehead atoms. The molecular weight excluding hydrogens is 218 g/mol. The molecule has 3 unspecified atom stereocenters. The zero-order chi connectivity index (χ0) is 11.0. The lowest BCUT2D eigenvalue weighted by atomic mass is 9.89. The number of aromatic nitrogens is 2. The van der Waals surface area contributed by atoms with Crippen molar-refractivity contribution in [3.63, 3.8) is 0 Å². The second-order valence-electron chi connectivity index (χ2n) is 5.17. The van der Waals surface area contributed by atoms with E-state index in [9.17, 15) is 0 Å². The van der Waals surface area contributed by atoms with Crippen molar-refractivity contribution in [2.45, 2.75) is 38.0 Å². The van der Waals surface area contributed by atoms with Crippen LogP contribution >= 0.6 is 11.3 Å². The first-order valence-electron chi connectivity index (χ1n) is 6.33. The van der Waals surface area contributed by atoms with Crippen LogP contribution in [0, 0.1) is 11.8 Å². The highest BCUT2D eigenvalue weighted by Gasteiger charge is 2.41. The predicted octanol–water partition coefficient (Wildman–Crippen LogP) is 2.20. The maximum absolute atomic E-state index is 4.41. The molecule has 2 saturated carbocycles. The molecule has 0 saturated heterocycles. The second-order valence-corrected chi connectivity index (χ2v) is 6.26. The summed E-state index contributed by atoms with van der Waals surface area (Å²) in [4.78, 5) is 0. The van der Waals surface area contributed by atoms with E-state index in [4.69, 9.17) is 0 Å². The van der Waals surface area contributed by atoms with Crippen LogP contribution in [0.2, 0.25) is 0 Å². The molecule has 1 aromatic heterocycles. The van der Waals surface area contributed by atoms with Gasteiger partial charge in [0.05, 0.1) is 0 Å². The molecule has 88 valence electrons. The summed E-state index contributed by atoms with van der Waals surface area (Å²) in [5, 5.41) is 14.4. The van der Waals surface area contributed by atoms with Crippen LogP contribution in [0.3, 0.4) is 0 Å². The van der Waals surface area contributed by atoms with Crippen LogP contribution in [0.1, 0.15) is 41.6 Å². The van der Waals surface area contributed by atoms with Crippen molar-refractivity contribution in [3.05, 3.63) is 10.0 Å². The third kappa shape index (κ3) is 1.89. The molecule has 3 rings (SSSR count). The fourth-order valence-corrected chi connectivity index (χ4v) is 4.35. The van der Waals surface area contributed by atoms with Crippen molar-refractivity contribution in [3.8, 4) is 0 Å². The number of fused-ring (bicyclic) bond motifs is 2. The molecular formula is C12H19N3S. The molecule has 0 radical (unpaired) electrons. The zero-order valence-electron chi connectivity index (χ0n) is 9.78. The third-order valence-corrected chi connectivity index (χ3v) is 5.24. The van der Waals surface area contributed by atoms with Crippen molar-refractivity contribution >= 4 is 11.3 Å². The summed E-state index contributed by atoms with van der Waals surface area (Å²) in [6.07, 6.45) is 6.75. The smallest absolute Gasteiger partial charge is 0.120 e. The minimum Gasteiger partial charge on any atom is -0.319 e. The summed E-state index contributed by atoms with van der Waals surface area (Å²) in [7, 11) is 1.98. The van der Waals surface area contributed by atoms with Crippen LogP contribution in [-0.2, 0) is 6.42 Å². The van der Waals surface area contributed by atoms with Gasteiger partial charge in [-0.1, -0.05) is 6.42 Å². The summed E-state index contributed by atoms with van der Waals surface area (Å²) >= 11 is 1.85. The molecule has 0 aliphatic heterocycles. The number of hydrogen-bond acceptors (Lipinski definition) is 4. The van der Waals surface area contributed by atoms with Crippen molar-refractivity contribution in [1.29, 1.82) is 0 Å². The van der Waals surface area contributed by atoms with Gasteiger partial charge in [-0.25, -0.2) is 0 Å². The first kappa shape index (κ1) is 10.7. The van der Waals surface area contributed by atoms with Gasteiger partial charge in [-0.3, -0.25) is 0 Å². The minimum atomic E-state index is 0.750. The van der Waals surface area contributed by atoms with E-state index in [2.05, 4.69) is 15.5 Å². The van der Waals surface area contributed by atoms with Crippen LogP contribution < -0.4 is 5.32 Å². The summed E-state index contributed by atoms with van der Waals surface area (Å²) in [5.74, 6) is 2.68. The number of hydrogen-bond donors (Lipinski definition) is 1. The van der Waals surface area contributed by atoms with Gasteiger partial charge in [0, 0.05) is 18.9 Å². The predicted molar refractivity (Wildman–Crippen MR) is 65.7 cm³/mol. The summed E-state index contributed by atoms with van der Waals surface area (Å²) in [5.41, 5.74) is 0. The fraction of sp³-hybridized carbons (Fsp3) is 0.833. The van der Waals surface area contributed by atoms with Gasteiger partial charge in [0.15, 0.2) is 0 Å². The van der Waals surface area contributed by atoms with Gasteiger partial charge in [-0.2, -0.15) is 0 Å². The van der Waals surface area contributed by atoms with Gasteiger partial charge in [0.25, 0.3) is 0 Å². The normalized spacial score (nSPS) is 32.4. The van der Waals surface area contributed by atoms with E-state index in [1.165, 1.54) is 35.7 Å². The van der Waals surface area contributed by atoms with E-state index in [0.717, 1.165) is 30.7 Å². The van der Waals surface area contributed by atoms with Crippen LogP contribution in [0.4, 0.5) is 0 Å². The molecule has 2 aliphatic carbocycles. The average molecular weight is 237 g/mol. The van der Waals surface area contributed by atoms with E-state index >= 15 is 0 Å². The number of rotatable bonds is 4. The first-order valence-corrected chi connectivity index (χ1v) is 7.15. The standard InChI is InChI=1S/C12H19N3S/c1-13-5-4-11-14-15-12(16-11)10-7-8-2-3-9(10)6-8/h8-10,13H,2-7H2,1H3. The Labute approximate surface area is 101 Å². The first-order chi connectivity index (χ1) is 7.86. The molecule has 1 heterocycles. The molecule has 2 fully saturated rings. The number of likely N-dealkylation sites (N-methyl/N-ethyl adjacent to an activating group) is 1. The largest absolute Gasteiger partial charge is 0.319 e. The Morgan fingerprint density at radius 1 is 1.31 bits per heavy atom. The van der Waals surface area contributed by atoms with Crippen molar-refractivity contribution in [1.82, 2.24) is 15.5 Å². The van der Waals surface area contributed by atoms with Crippen LogP contribution in [0.15, 0.2) is 0 Å². The molecule has 0 spiro atoms. The highest BCUT2D eigenvalue weighted by atomic mass is 32.1. The van der Waals surface area contributed by atoms with Crippen molar-refractivity contribution in [2.24, 2.45) is 11.8 Å². The van der Waals surface area contributed by atoms with E-state index in [0.29, 0.717) is 0 Å². The van der Waals surface area contributed by atoms with Crippen LogP contribution in [-0.4, -0.2) is 23.8 Å². The van der Waals surface area contributed by atoms with Crippen LogP contribution in [0.25, 0.3) is 0 Å². The van der Waals surface area contributed by atoms with Gasteiger partial charge in [-0.05, 0) is 38.1 Å². The van der Waals surface area contributed by atoms with Gasteiger partial charge in [0.1, 0.15) is 10.0 Å². The highest BCUT2D eigenvalue weighted by molar-refractivity contribution is 7.11. The van der Waals surface area contributed by atoms with Crippen molar-refractivity contribution < 1.29 is 0 Å². The van der Waals surface area contributed by atoms with Gasteiger partial charge in [0.2, 0.25) is 0 Å². The molecule has 4 heteroatoms. The molecule has 0 aromatic carbocycles. The Morgan fingerprint density at radius 3 is 2.94 bits per heavy atom. The lowest BCUT2D eigenvalue weighted by molar-refractivity contribution is 0.417. The minimum absolute atomic E-state index is 0.750. The molecule has 3 nitrogen and oxygen atoms in total. The van der Waals surface area contributed by atoms with Gasteiger partial charge < -0.3 is 5.32 Å². The van der Waals surface area contributed by atoms with Gasteiger partial charge in [-0.15, -0.1) is 21.5 Å². The van der Waals surface area contributed by atoms with Gasteiger partial charge >= 0.3 is 0 Å². The quantitative estimate of drug-likeness (QED) is 0.872. The molecule has 1 N–H and O–H groups in total. The molecule has 3 atom stereocenters. The molecule has 1 aromatic rings. The highest BCUT2D eigenvalue weighted by Crippen LogP contribution is 2.53. The summed E-state index contributed by atoms with van der Waals surface area (Å²) in [6.45, 7) is 1.01. The number of nitrogens with one attached hydrogen (secondary N) is 1. The third-order valence-electron chi connectivity index (χ3n) is 4.13. The second kappa shape index (κ2) is 4.41. The van der Waals surface area contributed by atoms with Crippen LogP contribution in [0.5, 0.6) is 0 Å². The fourth-order valence-electron chi connectivity index (χ4n) is 3.30. The maximum Gasteiger partial charge on any atom is 0.120 e. The summed E-state index contributed by atoms with van der Waals surface area (Å²) < 4.78 is 0. The Morgan fingerprint density at radius 2 is 2.25 bits per heavy atom. The summed E-state index contributed by atoms with van der Waals surface area (Å²) in [6, 6.07) is 0. The van der Waals surface area contributed by atoms with E-state index < -0.39 is 0 Å². The average Bonchev–Trinajstić information content (AvgIpc) is 3.01. The molecule has 16 heavy (non-hydrogen) atoms. The maximum atomic E-state index is 4.41. The van der Waals surface area contributed by atoms with E-state index in [1.807, 2.05) is 18.4 Å². The lowest BCUT2D eigenvalue weighted by Gasteiger charge is -2.18. The Bertz CT molecular complexity index is 363. The lowest BCUT2D eigenvalue weighted by Crippen LogP contribution is -2.09. The zero-order valence-corrected chi connectivity index (χ0v) is 10.6. The Balaban J connectivity index is 1.68. The van der Waals surface area contributed by atoms with E-state index in [-0.39, 0.29) is 0 Å². The Kier molecular flexibility index (Phi) is 2.94. The van der Waals surface area contributed by atoms with Crippen molar-refractivity contribution in [2.75, 3.05) is 13.6 Å².